The van der Waals surface area contributed by atoms with E-state index >= 15 is 0 Å². The molecular formula is C12H16N8. The molecule has 0 unspecified atom stereocenters. The first-order valence-electron chi connectivity index (χ1n) is 6.39. The number of nitrogens with zero attached hydrogens (tertiary/aromatic N) is 5. The van der Waals surface area contributed by atoms with Gasteiger partial charge in [0.15, 0.2) is 11.5 Å². The van der Waals surface area contributed by atoms with Gasteiger partial charge >= 0.3 is 0 Å². The van der Waals surface area contributed by atoms with Crippen LogP contribution in [0.4, 0.5) is 17.5 Å². The Hall–Kier alpha value is -2.64. The quantitative estimate of drug-likeness (QED) is 0.665. The van der Waals surface area contributed by atoms with E-state index in [1.807, 2.05) is 13.2 Å². The largest absolute Gasteiger partial charge is 0.357 e. The lowest BCUT2D eigenvalue weighted by atomic mass is 10.3. The van der Waals surface area contributed by atoms with Crippen molar-refractivity contribution in [2.45, 2.75) is 13.3 Å². The van der Waals surface area contributed by atoms with Gasteiger partial charge in [-0.25, -0.2) is 4.98 Å². The number of hydrogen-bond donors (Lipinski definition) is 3. The summed E-state index contributed by atoms with van der Waals surface area (Å²) in [4.78, 5) is 15.9. The zero-order valence-corrected chi connectivity index (χ0v) is 11.6. The van der Waals surface area contributed by atoms with Crippen molar-refractivity contribution in [3.05, 3.63) is 18.2 Å². The van der Waals surface area contributed by atoms with Crippen LogP contribution in [0, 0.1) is 0 Å². The van der Waals surface area contributed by atoms with Crippen LogP contribution in [0.3, 0.4) is 0 Å². The van der Waals surface area contributed by atoms with Crippen molar-refractivity contribution in [3.63, 3.8) is 0 Å². The molecule has 0 aliphatic carbocycles. The lowest BCUT2D eigenvalue weighted by Crippen LogP contribution is -2.02. The van der Waals surface area contributed by atoms with E-state index in [0.29, 0.717) is 17.4 Å². The maximum atomic E-state index is 4.43. The van der Waals surface area contributed by atoms with E-state index in [9.17, 15) is 0 Å². The first-order valence-corrected chi connectivity index (χ1v) is 6.39. The van der Waals surface area contributed by atoms with Gasteiger partial charge < -0.3 is 15.6 Å². The SMILES string of the molecule is CCc1nn(C)cc1Nc1nc(NC)nc2nc[nH]c12. The molecule has 0 saturated heterocycles. The van der Waals surface area contributed by atoms with Crippen LogP contribution in [0.5, 0.6) is 0 Å². The Balaban J connectivity index is 2.07. The predicted molar refractivity (Wildman–Crippen MR) is 77.1 cm³/mol. The number of imidazole rings is 1. The summed E-state index contributed by atoms with van der Waals surface area (Å²) in [6.45, 7) is 2.07. The summed E-state index contributed by atoms with van der Waals surface area (Å²) in [5.41, 5.74) is 3.32. The van der Waals surface area contributed by atoms with Crippen molar-refractivity contribution in [2.24, 2.45) is 7.05 Å². The standard InChI is InChI=1S/C12H16N8/c1-4-7-8(5-20(3)19-7)16-11-9-10(15-6-14-9)17-12(13-2)18-11/h5-6H,4H2,1-3H3,(H3,13,14,15,16,17,18). The molecule has 20 heavy (non-hydrogen) atoms. The fraction of sp³-hybridized carbons (Fsp3) is 0.333. The van der Waals surface area contributed by atoms with Gasteiger partial charge in [-0.1, -0.05) is 6.92 Å². The Morgan fingerprint density at radius 3 is 2.95 bits per heavy atom. The normalized spacial score (nSPS) is 10.9. The molecule has 0 fully saturated rings. The van der Waals surface area contributed by atoms with Crippen LogP contribution < -0.4 is 10.6 Å². The van der Waals surface area contributed by atoms with Gasteiger partial charge in [-0.05, 0) is 6.42 Å². The van der Waals surface area contributed by atoms with E-state index in [4.69, 9.17) is 0 Å². The molecule has 0 spiro atoms. The number of anilines is 3. The van der Waals surface area contributed by atoms with E-state index < -0.39 is 0 Å². The van der Waals surface area contributed by atoms with Crippen molar-refractivity contribution < 1.29 is 0 Å². The molecule has 0 radical (unpaired) electrons. The van der Waals surface area contributed by atoms with Crippen LogP contribution in [-0.4, -0.2) is 36.8 Å². The molecule has 3 heterocycles. The molecule has 8 nitrogen and oxygen atoms in total. The highest BCUT2D eigenvalue weighted by Gasteiger charge is 2.12. The van der Waals surface area contributed by atoms with Crippen molar-refractivity contribution in [1.29, 1.82) is 0 Å². The van der Waals surface area contributed by atoms with E-state index in [1.54, 1.807) is 18.1 Å². The molecule has 0 atom stereocenters. The third kappa shape index (κ3) is 2.04. The van der Waals surface area contributed by atoms with Gasteiger partial charge in [-0.15, -0.1) is 0 Å². The maximum Gasteiger partial charge on any atom is 0.226 e. The summed E-state index contributed by atoms with van der Waals surface area (Å²) < 4.78 is 1.78. The van der Waals surface area contributed by atoms with Crippen LogP contribution in [0.15, 0.2) is 12.5 Å². The second-order valence-corrected chi connectivity index (χ2v) is 4.39. The second-order valence-electron chi connectivity index (χ2n) is 4.39. The van der Waals surface area contributed by atoms with Crippen LogP contribution in [-0.2, 0) is 13.5 Å². The van der Waals surface area contributed by atoms with Crippen molar-refractivity contribution in [2.75, 3.05) is 17.7 Å². The van der Waals surface area contributed by atoms with Crippen molar-refractivity contribution in [3.8, 4) is 0 Å². The fourth-order valence-electron chi connectivity index (χ4n) is 2.06. The molecule has 104 valence electrons. The van der Waals surface area contributed by atoms with Crippen LogP contribution in [0.25, 0.3) is 11.2 Å². The summed E-state index contributed by atoms with van der Waals surface area (Å²) in [6, 6.07) is 0. The molecule has 0 saturated carbocycles. The minimum Gasteiger partial charge on any atom is -0.357 e. The number of nitrogens with one attached hydrogen (secondary N) is 3. The van der Waals surface area contributed by atoms with Crippen molar-refractivity contribution in [1.82, 2.24) is 29.7 Å². The summed E-state index contributed by atoms with van der Waals surface area (Å²) in [5.74, 6) is 1.20. The molecular weight excluding hydrogens is 256 g/mol. The van der Waals surface area contributed by atoms with Gasteiger partial charge in [-0.2, -0.15) is 15.1 Å². The van der Waals surface area contributed by atoms with Gasteiger partial charge in [-0.3, -0.25) is 4.68 Å². The number of aromatic amines is 1. The number of hydrogen-bond acceptors (Lipinski definition) is 6. The summed E-state index contributed by atoms with van der Waals surface area (Å²) >= 11 is 0. The summed E-state index contributed by atoms with van der Waals surface area (Å²) in [6.07, 6.45) is 4.38. The number of aryl methyl sites for hydroxylation is 2. The van der Waals surface area contributed by atoms with Crippen molar-refractivity contribution >= 4 is 28.6 Å². The van der Waals surface area contributed by atoms with Gasteiger partial charge in [0.25, 0.3) is 0 Å². The number of fused-ring (bicyclic) bond motifs is 1. The Kier molecular flexibility index (Phi) is 2.97. The van der Waals surface area contributed by atoms with E-state index in [-0.39, 0.29) is 0 Å². The van der Waals surface area contributed by atoms with Gasteiger partial charge in [0.2, 0.25) is 5.95 Å². The third-order valence-corrected chi connectivity index (χ3v) is 3.00. The fourth-order valence-corrected chi connectivity index (χ4v) is 2.06. The number of rotatable bonds is 4. The summed E-state index contributed by atoms with van der Waals surface area (Å²) in [5, 5.41) is 10.6. The Labute approximate surface area is 115 Å². The molecule has 3 aromatic rings. The van der Waals surface area contributed by atoms with E-state index in [0.717, 1.165) is 23.3 Å². The molecule has 3 aromatic heterocycles. The van der Waals surface area contributed by atoms with Gasteiger partial charge in [0, 0.05) is 20.3 Å². The molecule has 0 amide bonds. The predicted octanol–water partition coefficient (Wildman–Crippen LogP) is 1.43. The van der Waals surface area contributed by atoms with E-state index in [2.05, 4.69) is 42.6 Å². The molecule has 8 heteroatoms. The molecule has 0 aliphatic heterocycles. The Morgan fingerprint density at radius 1 is 1.35 bits per heavy atom. The maximum absolute atomic E-state index is 4.43. The first kappa shape index (κ1) is 12.4. The Bertz CT molecular complexity index is 741. The van der Waals surface area contributed by atoms with Crippen LogP contribution >= 0.6 is 0 Å². The number of aromatic nitrogens is 6. The van der Waals surface area contributed by atoms with Gasteiger partial charge in [0.1, 0.15) is 5.52 Å². The highest BCUT2D eigenvalue weighted by Crippen LogP contribution is 2.24. The van der Waals surface area contributed by atoms with Crippen LogP contribution in [0.2, 0.25) is 0 Å². The first-order chi connectivity index (χ1) is 9.71. The second kappa shape index (κ2) is 4.80. The minimum absolute atomic E-state index is 0.522. The molecule has 0 aromatic carbocycles. The summed E-state index contributed by atoms with van der Waals surface area (Å²) in [7, 11) is 3.67. The zero-order chi connectivity index (χ0) is 14.1. The average Bonchev–Trinajstić information content (AvgIpc) is 3.04. The molecule has 0 bridgehead atoms. The topological polar surface area (TPSA) is 96.3 Å². The monoisotopic (exact) mass is 272 g/mol. The van der Waals surface area contributed by atoms with Crippen LogP contribution in [0.1, 0.15) is 12.6 Å². The lowest BCUT2D eigenvalue weighted by Gasteiger charge is -2.07. The Morgan fingerprint density at radius 2 is 2.20 bits per heavy atom. The lowest BCUT2D eigenvalue weighted by molar-refractivity contribution is 0.746. The average molecular weight is 272 g/mol. The highest BCUT2D eigenvalue weighted by atomic mass is 15.3. The highest BCUT2D eigenvalue weighted by molar-refractivity contribution is 5.86. The smallest absolute Gasteiger partial charge is 0.226 e. The minimum atomic E-state index is 0.522. The molecule has 3 N–H and O–H groups in total. The molecule has 3 rings (SSSR count). The zero-order valence-electron chi connectivity index (χ0n) is 11.6. The van der Waals surface area contributed by atoms with E-state index in [1.165, 1.54) is 0 Å². The molecule has 0 aliphatic rings. The third-order valence-electron chi connectivity index (χ3n) is 3.00. The van der Waals surface area contributed by atoms with Gasteiger partial charge in [0.05, 0.1) is 17.7 Å². The number of H-pyrrole nitrogens is 1.